The topological polar surface area (TPSA) is 40.5 Å². The molecule has 2 rings (SSSR count). The first-order chi connectivity index (χ1) is 7.68. The lowest BCUT2D eigenvalue weighted by atomic mass is 9.97. The van der Waals surface area contributed by atoms with Crippen molar-refractivity contribution in [1.29, 1.82) is 0 Å². The Morgan fingerprint density at radius 3 is 2.88 bits per heavy atom. The molecular formula is C13H17NO2. The van der Waals surface area contributed by atoms with Crippen molar-refractivity contribution in [2.75, 3.05) is 18.0 Å². The van der Waals surface area contributed by atoms with E-state index in [1.165, 1.54) is 11.3 Å². The van der Waals surface area contributed by atoms with Crippen LogP contribution in [0.4, 0.5) is 5.69 Å². The van der Waals surface area contributed by atoms with Crippen LogP contribution in [0.1, 0.15) is 18.4 Å². The second-order valence-corrected chi connectivity index (χ2v) is 4.41. The van der Waals surface area contributed by atoms with Crippen LogP contribution >= 0.6 is 0 Å². The number of aryl methyl sites for hydroxylation is 1. The smallest absolute Gasteiger partial charge is 0.308 e. The molecule has 1 N–H and O–H groups in total. The van der Waals surface area contributed by atoms with Gasteiger partial charge in [0, 0.05) is 18.8 Å². The molecule has 0 aromatic heterocycles. The molecule has 0 bridgehead atoms. The van der Waals surface area contributed by atoms with Crippen LogP contribution in [-0.4, -0.2) is 24.2 Å². The third-order valence-electron chi connectivity index (χ3n) is 3.23. The van der Waals surface area contributed by atoms with Gasteiger partial charge < -0.3 is 10.0 Å². The fourth-order valence-electron chi connectivity index (χ4n) is 2.32. The number of benzene rings is 1. The zero-order valence-corrected chi connectivity index (χ0v) is 9.52. The lowest BCUT2D eigenvalue weighted by molar-refractivity contribution is -0.141. The number of carbonyl (C=O) groups is 1. The van der Waals surface area contributed by atoms with Gasteiger partial charge >= 0.3 is 5.97 Å². The number of carboxylic acids is 1. The van der Waals surface area contributed by atoms with Crippen LogP contribution in [0.15, 0.2) is 24.3 Å². The molecule has 0 spiro atoms. The number of hydrogen-bond donors (Lipinski definition) is 1. The quantitative estimate of drug-likeness (QED) is 0.829. The van der Waals surface area contributed by atoms with Crippen molar-refractivity contribution in [2.45, 2.75) is 19.8 Å². The van der Waals surface area contributed by atoms with Crippen LogP contribution in [0.5, 0.6) is 0 Å². The molecule has 1 fully saturated rings. The van der Waals surface area contributed by atoms with Crippen molar-refractivity contribution in [2.24, 2.45) is 5.92 Å². The van der Waals surface area contributed by atoms with Gasteiger partial charge in [0.15, 0.2) is 0 Å². The van der Waals surface area contributed by atoms with Crippen molar-refractivity contribution < 1.29 is 9.90 Å². The molecule has 1 aliphatic heterocycles. The van der Waals surface area contributed by atoms with Gasteiger partial charge in [-0.25, -0.2) is 0 Å². The summed E-state index contributed by atoms with van der Waals surface area (Å²) in [6.07, 6.45) is 1.77. The summed E-state index contributed by atoms with van der Waals surface area (Å²) >= 11 is 0. The van der Waals surface area contributed by atoms with Gasteiger partial charge in [0.25, 0.3) is 0 Å². The zero-order valence-electron chi connectivity index (χ0n) is 9.52. The number of nitrogens with zero attached hydrogens (tertiary/aromatic N) is 1. The SMILES string of the molecule is Cc1ccccc1N1CCC[C@H](C(=O)O)C1. The van der Waals surface area contributed by atoms with Gasteiger partial charge in [-0.3, -0.25) is 4.79 Å². The van der Waals surface area contributed by atoms with Crippen LogP contribution in [0.3, 0.4) is 0 Å². The van der Waals surface area contributed by atoms with Gasteiger partial charge in [-0.2, -0.15) is 0 Å². The summed E-state index contributed by atoms with van der Waals surface area (Å²) < 4.78 is 0. The van der Waals surface area contributed by atoms with Crippen molar-refractivity contribution >= 4 is 11.7 Å². The average molecular weight is 219 g/mol. The summed E-state index contributed by atoms with van der Waals surface area (Å²) in [5.41, 5.74) is 2.39. The van der Waals surface area contributed by atoms with Crippen molar-refractivity contribution in [3.05, 3.63) is 29.8 Å². The van der Waals surface area contributed by atoms with E-state index in [1.807, 2.05) is 12.1 Å². The molecule has 0 amide bonds. The Morgan fingerprint density at radius 1 is 1.44 bits per heavy atom. The van der Waals surface area contributed by atoms with E-state index in [0.29, 0.717) is 6.54 Å². The summed E-state index contributed by atoms with van der Waals surface area (Å²) in [6, 6.07) is 8.16. The van der Waals surface area contributed by atoms with Gasteiger partial charge in [0.2, 0.25) is 0 Å². The second-order valence-electron chi connectivity index (χ2n) is 4.41. The largest absolute Gasteiger partial charge is 0.481 e. The van der Waals surface area contributed by atoms with E-state index < -0.39 is 5.97 Å². The maximum absolute atomic E-state index is 11.0. The van der Waals surface area contributed by atoms with Crippen LogP contribution in [0, 0.1) is 12.8 Å². The molecule has 1 aromatic rings. The van der Waals surface area contributed by atoms with Gasteiger partial charge in [-0.05, 0) is 31.4 Å². The molecule has 0 saturated carbocycles. The number of aliphatic carboxylic acids is 1. The zero-order chi connectivity index (χ0) is 11.5. The molecule has 3 heteroatoms. The number of para-hydroxylation sites is 1. The predicted octanol–water partition coefficient (Wildman–Crippen LogP) is 2.30. The highest BCUT2D eigenvalue weighted by molar-refractivity contribution is 5.71. The number of anilines is 1. The predicted molar refractivity (Wildman–Crippen MR) is 63.8 cm³/mol. The monoisotopic (exact) mass is 219 g/mol. The number of piperidine rings is 1. The lowest BCUT2D eigenvalue weighted by Gasteiger charge is -2.33. The van der Waals surface area contributed by atoms with E-state index in [9.17, 15) is 4.79 Å². The molecule has 16 heavy (non-hydrogen) atoms. The number of hydrogen-bond acceptors (Lipinski definition) is 2. The highest BCUT2D eigenvalue weighted by atomic mass is 16.4. The normalized spacial score (nSPS) is 20.8. The summed E-state index contributed by atoms with van der Waals surface area (Å²) in [5.74, 6) is -0.883. The van der Waals surface area contributed by atoms with Crippen molar-refractivity contribution in [3.63, 3.8) is 0 Å². The second kappa shape index (κ2) is 4.56. The van der Waals surface area contributed by atoms with Crippen LogP contribution < -0.4 is 4.90 Å². The van der Waals surface area contributed by atoms with E-state index in [2.05, 4.69) is 24.0 Å². The van der Waals surface area contributed by atoms with E-state index in [4.69, 9.17) is 5.11 Å². The fourth-order valence-corrected chi connectivity index (χ4v) is 2.32. The minimum Gasteiger partial charge on any atom is -0.481 e. The molecule has 0 radical (unpaired) electrons. The third kappa shape index (κ3) is 2.18. The Hall–Kier alpha value is -1.51. The van der Waals surface area contributed by atoms with E-state index in [0.717, 1.165) is 19.4 Å². The summed E-state index contributed by atoms with van der Waals surface area (Å²) in [6.45, 7) is 3.68. The van der Waals surface area contributed by atoms with E-state index >= 15 is 0 Å². The summed E-state index contributed by atoms with van der Waals surface area (Å²) in [5, 5.41) is 9.05. The molecule has 86 valence electrons. The average Bonchev–Trinajstić information content (AvgIpc) is 2.30. The molecule has 0 aliphatic carbocycles. The molecular weight excluding hydrogens is 202 g/mol. The van der Waals surface area contributed by atoms with Gasteiger partial charge in [-0.1, -0.05) is 18.2 Å². The highest BCUT2D eigenvalue weighted by Crippen LogP contribution is 2.25. The molecule has 1 saturated heterocycles. The lowest BCUT2D eigenvalue weighted by Crippen LogP contribution is -2.39. The first-order valence-corrected chi connectivity index (χ1v) is 5.72. The Morgan fingerprint density at radius 2 is 2.19 bits per heavy atom. The maximum atomic E-state index is 11.0. The Labute approximate surface area is 95.7 Å². The molecule has 1 aliphatic rings. The standard InChI is InChI=1S/C13H17NO2/c1-10-5-2-3-7-12(10)14-8-4-6-11(9-14)13(15)16/h2-3,5,7,11H,4,6,8-9H2,1H3,(H,15,16)/t11-/m0/s1. The third-order valence-corrected chi connectivity index (χ3v) is 3.23. The Bertz CT molecular complexity index is 389. The molecule has 1 heterocycles. The van der Waals surface area contributed by atoms with Gasteiger partial charge in [-0.15, -0.1) is 0 Å². The van der Waals surface area contributed by atoms with E-state index in [-0.39, 0.29) is 5.92 Å². The maximum Gasteiger partial charge on any atom is 0.308 e. The Kier molecular flexibility index (Phi) is 3.13. The summed E-state index contributed by atoms with van der Waals surface area (Å²) in [7, 11) is 0. The van der Waals surface area contributed by atoms with Crippen molar-refractivity contribution in [3.8, 4) is 0 Å². The fraction of sp³-hybridized carbons (Fsp3) is 0.462. The minimum atomic E-state index is -0.668. The number of rotatable bonds is 2. The first-order valence-electron chi connectivity index (χ1n) is 5.72. The van der Waals surface area contributed by atoms with Crippen LogP contribution in [-0.2, 0) is 4.79 Å². The Balaban J connectivity index is 2.16. The minimum absolute atomic E-state index is 0.214. The van der Waals surface area contributed by atoms with Crippen molar-refractivity contribution in [1.82, 2.24) is 0 Å². The first kappa shape index (κ1) is 11.0. The van der Waals surface area contributed by atoms with Crippen LogP contribution in [0.25, 0.3) is 0 Å². The number of carboxylic acid groups (broad SMARTS) is 1. The van der Waals surface area contributed by atoms with Gasteiger partial charge in [0.1, 0.15) is 0 Å². The molecule has 3 nitrogen and oxygen atoms in total. The molecule has 0 unspecified atom stereocenters. The highest BCUT2D eigenvalue weighted by Gasteiger charge is 2.25. The summed E-state index contributed by atoms with van der Waals surface area (Å²) in [4.78, 5) is 13.2. The molecule has 1 atom stereocenters. The van der Waals surface area contributed by atoms with E-state index in [1.54, 1.807) is 0 Å². The van der Waals surface area contributed by atoms with Gasteiger partial charge in [0.05, 0.1) is 5.92 Å². The van der Waals surface area contributed by atoms with Crippen LogP contribution in [0.2, 0.25) is 0 Å². The molecule has 1 aromatic carbocycles.